The molecular formula is C14H15N3O3. The third-order valence-corrected chi connectivity index (χ3v) is 2.80. The molecule has 2 aromatic rings. The minimum Gasteiger partial charge on any atom is -0.489 e. The number of aryl methyl sites for hydroxylation is 1. The fourth-order valence-electron chi connectivity index (χ4n) is 1.67. The summed E-state index contributed by atoms with van der Waals surface area (Å²) in [5.41, 5.74) is 7.12. The predicted octanol–water partition coefficient (Wildman–Crippen LogP) is 2.37. The maximum atomic E-state index is 11.4. The van der Waals surface area contributed by atoms with Crippen molar-refractivity contribution in [3.8, 4) is 17.4 Å². The van der Waals surface area contributed by atoms with Crippen LogP contribution in [-0.2, 0) is 0 Å². The van der Waals surface area contributed by atoms with Gasteiger partial charge in [-0.3, -0.25) is 4.79 Å². The first-order chi connectivity index (χ1) is 9.52. The first kappa shape index (κ1) is 13.8. The number of methoxy groups -OCH3 is 1. The maximum Gasteiger partial charge on any atom is 0.268 e. The van der Waals surface area contributed by atoms with Crippen LogP contribution in [0.2, 0.25) is 0 Å². The summed E-state index contributed by atoms with van der Waals surface area (Å²) in [6.45, 7) is 3.37. The smallest absolute Gasteiger partial charge is 0.268 e. The topological polar surface area (TPSA) is 87.3 Å². The van der Waals surface area contributed by atoms with Gasteiger partial charge < -0.3 is 15.2 Å². The van der Waals surface area contributed by atoms with Crippen LogP contribution in [0, 0.1) is 6.92 Å². The fraction of sp³-hybridized carbons (Fsp3) is 0.214. The lowest BCUT2D eigenvalue weighted by Gasteiger charge is -2.12. The Bertz CT molecular complexity index is 656. The van der Waals surface area contributed by atoms with E-state index in [4.69, 9.17) is 15.2 Å². The molecule has 0 aliphatic carbocycles. The molecule has 104 valence electrons. The minimum atomic E-state index is -0.0379. The van der Waals surface area contributed by atoms with Crippen LogP contribution in [-0.4, -0.2) is 22.9 Å². The molecule has 0 bridgehead atoms. The number of hydrogen-bond acceptors (Lipinski definition) is 6. The molecule has 0 aliphatic rings. The van der Waals surface area contributed by atoms with E-state index in [0.29, 0.717) is 11.3 Å². The molecule has 0 fully saturated rings. The van der Waals surface area contributed by atoms with Crippen LogP contribution in [0.4, 0.5) is 5.82 Å². The van der Waals surface area contributed by atoms with Crippen LogP contribution in [0.5, 0.6) is 17.4 Å². The molecule has 0 spiro atoms. The molecule has 0 saturated carbocycles. The molecule has 0 amide bonds. The zero-order valence-corrected chi connectivity index (χ0v) is 11.5. The number of aromatic nitrogens is 2. The van der Waals surface area contributed by atoms with Crippen LogP contribution in [0.1, 0.15) is 22.8 Å². The summed E-state index contributed by atoms with van der Waals surface area (Å²) in [4.78, 5) is 19.2. The Hall–Kier alpha value is -2.63. The number of anilines is 1. The van der Waals surface area contributed by atoms with E-state index in [1.54, 1.807) is 12.1 Å². The highest BCUT2D eigenvalue weighted by Gasteiger charge is 2.14. The van der Waals surface area contributed by atoms with Gasteiger partial charge in [-0.15, -0.1) is 0 Å². The van der Waals surface area contributed by atoms with E-state index in [-0.39, 0.29) is 23.2 Å². The summed E-state index contributed by atoms with van der Waals surface area (Å²) in [7, 11) is 1.46. The van der Waals surface area contributed by atoms with Gasteiger partial charge in [0.15, 0.2) is 11.6 Å². The van der Waals surface area contributed by atoms with Crippen molar-refractivity contribution in [2.45, 2.75) is 13.8 Å². The number of nitrogens with two attached hydrogens (primary N) is 1. The number of Topliss-reactive ketones (excluding diaryl/α,β-unsaturated/α-hetero) is 1. The van der Waals surface area contributed by atoms with Crippen LogP contribution in [0.15, 0.2) is 24.5 Å². The Morgan fingerprint density at radius 3 is 2.70 bits per heavy atom. The quantitative estimate of drug-likeness (QED) is 0.860. The summed E-state index contributed by atoms with van der Waals surface area (Å²) in [5, 5.41) is 0. The summed E-state index contributed by atoms with van der Waals surface area (Å²) < 4.78 is 10.8. The molecule has 1 heterocycles. The first-order valence-corrected chi connectivity index (χ1v) is 5.97. The lowest BCUT2D eigenvalue weighted by Crippen LogP contribution is -2.01. The molecule has 0 aliphatic heterocycles. The second-order valence-corrected chi connectivity index (χ2v) is 4.24. The van der Waals surface area contributed by atoms with E-state index in [9.17, 15) is 4.79 Å². The van der Waals surface area contributed by atoms with Gasteiger partial charge in [0.05, 0.1) is 7.11 Å². The lowest BCUT2D eigenvalue weighted by molar-refractivity contribution is 0.101. The van der Waals surface area contributed by atoms with Crippen molar-refractivity contribution in [3.05, 3.63) is 35.7 Å². The monoisotopic (exact) mass is 273 g/mol. The van der Waals surface area contributed by atoms with Crippen molar-refractivity contribution in [3.63, 3.8) is 0 Å². The van der Waals surface area contributed by atoms with Crippen molar-refractivity contribution in [1.29, 1.82) is 0 Å². The van der Waals surface area contributed by atoms with Gasteiger partial charge in [0.25, 0.3) is 5.88 Å². The van der Waals surface area contributed by atoms with E-state index < -0.39 is 0 Å². The van der Waals surface area contributed by atoms with Crippen molar-refractivity contribution >= 4 is 11.6 Å². The number of benzene rings is 1. The van der Waals surface area contributed by atoms with E-state index in [0.717, 1.165) is 5.56 Å². The van der Waals surface area contributed by atoms with Gasteiger partial charge in [0, 0.05) is 5.56 Å². The first-order valence-electron chi connectivity index (χ1n) is 5.97. The predicted molar refractivity (Wildman–Crippen MR) is 74.3 cm³/mol. The number of rotatable bonds is 4. The highest BCUT2D eigenvalue weighted by atomic mass is 16.5. The molecule has 0 radical (unpaired) electrons. The number of nitrogens with zero attached hydrogens (tertiary/aromatic N) is 2. The van der Waals surface area contributed by atoms with Crippen molar-refractivity contribution in [1.82, 2.24) is 9.97 Å². The number of ketones is 1. The van der Waals surface area contributed by atoms with Gasteiger partial charge in [-0.25, -0.2) is 4.98 Å². The molecule has 2 rings (SSSR count). The Labute approximate surface area is 116 Å². The zero-order chi connectivity index (χ0) is 14.7. The summed E-state index contributed by atoms with van der Waals surface area (Å²) in [6.07, 6.45) is 1.29. The zero-order valence-electron chi connectivity index (χ0n) is 11.5. The highest BCUT2D eigenvalue weighted by Crippen LogP contribution is 2.34. The normalized spacial score (nSPS) is 10.2. The Balaban J connectivity index is 2.42. The van der Waals surface area contributed by atoms with Crippen molar-refractivity contribution in [2.75, 3.05) is 12.8 Å². The standard InChI is InChI=1S/C14H15N3O3/c1-8-4-5-10(9(2)18)6-11(8)20-14-12(19-3)13(15)16-7-17-14/h4-7H,1-3H3,(H2,15,16,17). The number of nitrogen functional groups attached to an aromatic ring is 1. The van der Waals surface area contributed by atoms with E-state index in [1.165, 1.54) is 20.4 Å². The average Bonchev–Trinajstić information content (AvgIpc) is 2.41. The molecular weight excluding hydrogens is 258 g/mol. The van der Waals surface area contributed by atoms with Crippen LogP contribution >= 0.6 is 0 Å². The second kappa shape index (κ2) is 5.56. The highest BCUT2D eigenvalue weighted by molar-refractivity contribution is 5.94. The maximum absolute atomic E-state index is 11.4. The van der Waals surface area contributed by atoms with Crippen molar-refractivity contribution in [2.24, 2.45) is 0 Å². The number of carbonyl (C=O) groups is 1. The fourth-order valence-corrected chi connectivity index (χ4v) is 1.67. The van der Waals surface area contributed by atoms with Gasteiger partial charge in [-0.2, -0.15) is 4.98 Å². The van der Waals surface area contributed by atoms with Crippen molar-refractivity contribution < 1.29 is 14.3 Å². The van der Waals surface area contributed by atoms with Crippen LogP contribution < -0.4 is 15.2 Å². The number of hydrogen-bond donors (Lipinski definition) is 1. The molecule has 1 aromatic carbocycles. The van der Waals surface area contributed by atoms with Crippen LogP contribution in [0.3, 0.4) is 0 Å². The molecule has 6 heteroatoms. The molecule has 6 nitrogen and oxygen atoms in total. The third kappa shape index (κ3) is 2.69. The second-order valence-electron chi connectivity index (χ2n) is 4.24. The Kier molecular flexibility index (Phi) is 3.84. The molecule has 0 unspecified atom stereocenters. The third-order valence-electron chi connectivity index (χ3n) is 2.80. The number of ether oxygens (including phenoxy) is 2. The SMILES string of the molecule is COc1c(N)ncnc1Oc1cc(C(C)=O)ccc1C. The Morgan fingerprint density at radius 1 is 1.30 bits per heavy atom. The molecule has 1 aromatic heterocycles. The van der Waals surface area contributed by atoms with Gasteiger partial charge in [0.1, 0.15) is 12.1 Å². The molecule has 2 N–H and O–H groups in total. The van der Waals surface area contributed by atoms with E-state index in [1.807, 2.05) is 13.0 Å². The molecule has 0 atom stereocenters. The molecule has 0 saturated heterocycles. The Morgan fingerprint density at radius 2 is 2.05 bits per heavy atom. The van der Waals surface area contributed by atoms with Gasteiger partial charge >= 0.3 is 0 Å². The summed E-state index contributed by atoms with van der Waals surface area (Å²) >= 11 is 0. The average molecular weight is 273 g/mol. The summed E-state index contributed by atoms with van der Waals surface area (Å²) in [5.74, 6) is 1.15. The van der Waals surface area contributed by atoms with E-state index >= 15 is 0 Å². The molecule has 20 heavy (non-hydrogen) atoms. The van der Waals surface area contributed by atoms with Gasteiger partial charge in [-0.1, -0.05) is 12.1 Å². The summed E-state index contributed by atoms with van der Waals surface area (Å²) in [6, 6.07) is 5.22. The van der Waals surface area contributed by atoms with Crippen LogP contribution in [0.25, 0.3) is 0 Å². The van der Waals surface area contributed by atoms with Gasteiger partial charge in [0.2, 0.25) is 5.75 Å². The number of carbonyl (C=O) groups excluding carboxylic acids is 1. The van der Waals surface area contributed by atoms with Gasteiger partial charge in [-0.05, 0) is 25.5 Å². The lowest BCUT2D eigenvalue weighted by atomic mass is 10.1. The minimum absolute atomic E-state index is 0.0379. The largest absolute Gasteiger partial charge is 0.489 e. The van der Waals surface area contributed by atoms with E-state index in [2.05, 4.69) is 9.97 Å².